The Bertz CT molecular complexity index is 768. The molecule has 0 radical (unpaired) electrons. The van der Waals surface area contributed by atoms with E-state index in [0.717, 1.165) is 34.7 Å². The number of fused-ring (bicyclic) bond motifs is 3. The van der Waals surface area contributed by atoms with E-state index in [-0.39, 0.29) is 12.1 Å². The van der Waals surface area contributed by atoms with Crippen LogP contribution in [0.3, 0.4) is 0 Å². The first kappa shape index (κ1) is 14.6. The number of rotatable bonds is 2. The van der Waals surface area contributed by atoms with Gasteiger partial charge in [0.1, 0.15) is 16.9 Å². The van der Waals surface area contributed by atoms with Crippen LogP contribution in [-0.2, 0) is 12.8 Å². The van der Waals surface area contributed by atoms with Crippen molar-refractivity contribution in [2.45, 2.75) is 32.4 Å². The number of carbonyl (C=O) groups is 1. The summed E-state index contributed by atoms with van der Waals surface area (Å²) in [5.41, 5.74) is 3.07. The number of carbonyl (C=O) groups excluding carboxylic acids is 1. The van der Waals surface area contributed by atoms with Gasteiger partial charge in [-0.3, -0.25) is 4.79 Å². The van der Waals surface area contributed by atoms with Gasteiger partial charge in [-0.05, 0) is 36.8 Å². The Kier molecular flexibility index (Phi) is 3.53. The van der Waals surface area contributed by atoms with E-state index in [0.29, 0.717) is 5.92 Å². The third-order valence-corrected chi connectivity index (χ3v) is 5.93. The van der Waals surface area contributed by atoms with Crippen LogP contribution in [0, 0.1) is 5.92 Å². The molecule has 2 N–H and O–H groups in total. The lowest BCUT2D eigenvalue weighted by molar-refractivity contribution is 0.0934. The molecular weight excluding hydrogens is 308 g/mol. The van der Waals surface area contributed by atoms with Crippen molar-refractivity contribution in [3.05, 3.63) is 45.8 Å². The van der Waals surface area contributed by atoms with Crippen molar-refractivity contribution < 1.29 is 9.53 Å². The van der Waals surface area contributed by atoms with E-state index in [4.69, 9.17) is 4.74 Å². The number of methoxy groups -OCH3 is 1. The predicted molar refractivity (Wildman–Crippen MR) is 92.3 cm³/mol. The summed E-state index contributed by atoms with van der Waals surface area (Å²) < 4.78 is 5.43. The molecule has 1 aliphatic heterocycles. The van der Waals surface area contributed by atoms with E-state index in [9.17, 15) is 4.79 Å². The van der Waals surface area contributed by atoms with Crippen molar-refractivity contribution in [2.24, 2.45) is 5.92 Å². The summed E-state index contributed by atoms with van der Waals surface area (Å²) in [6.45, 7) is 2.28. The SMILES string of the molecule is COc1ccccc1[C@@H]1NC(=O)c2c(sc3c2CC[C@H](C)C3)N1. The molecule has 1 aromatic heterocycles. The first-order chi connectivity index (χ1) is 11.2. The standard InChI is InChI=1S/C18H20N2O2S/c1-10-7-8-12-14(9-10)23-18-15(12)17(21)19-16(20-18)11-5-3-4-6-13(11)22-2/h3-6,10,16,20H,7-9H2,1-2H3,(H,19,21)/t10-,16+/m0/s1. The number of hydrogen-bond acceptors (Lipinski definition) is 4. The zero-order valence-electron chi connectivity index (χ0n) is 13.3. The summed E-state index contributed by atoms with van der Waals surface area (Å²) in [6.07, 6.45) is 3.01. The summed E-state index contributed by atoms with van der Waals surface area (Å²) >= 11 is 1.74. The number of benzene rings is 1. The lowest BCUT2D eigenvalue weighted by Crippen LogP contribution is -2.38. The van der Waals surface area contributed by atoms with Gasteiger partial charge >= 0.3 is 0 Å². The highest BCUT2D eigenvalue weighted by Gasteiger charge is 2.33. The molecular formula is C18H20N2O2S. The summed E-state index contributed by atoms with van der Waals surface area (Å²) in [7, 11) is 1.65. The van der Waals surface area contributed by atoms with Crippen LogP contribution in [0.1, 0.15) is 45.9 Å². The Hall–Kier alpha value is -2.01. The van der Waals surface area contributed by atoms with Gasteiger partial charge in [0, 0.05) is 10.4 Å². The van der Waals surface area contributed by atoms with Crippen LogP contribution in [0.15, 0.2) is 24.3 Å². The number of hydrogen-bond donors (Lipinski definition) is 2. The summed E-state index contributed by atoms with van der Waals surface area (Å²) in [4.78, 5) is 14.1. The Balaban J connectivity index is 1.72. The maximum atomic E-state index is 12.7. The molecule has 0 fully saturated rings. The third-order valence-electron chi connectivity index (χ3n) is 4.74. The van der Waals surface area contributed by atoms with E-state index < -0.39 is 0 Å². The van der Waals surface area contributed by atoms with Crippen LogP contribution in [-0.4, -0.2) is 13.0 Å². The minimum absolute atomic E-state index is 0.0294. The zero-order chi connectivity index (χ0) is 16.0. The van der Waals surface area contributed by atoms with Gasteiger partial charge in [-0.2, -0.15) is 0 Å². The molecule has 1 aliphatic carbocycles. The maximum absolute atomic E-state index is 12.7. The van der Waals surface area contributed by atoms with E-state index in [2.05, 4.69) is 17.6 Å². The molecule has 1 amide bonds. The molecule has 2 aliphatic rings. The number of para-hydroxylation sites is 1. The molecule has 5 heteroatoms. The molecule has 2 heterocycles. The van der Waals surface area contributed by atoms with Gasteiger partial charge in [-0.15, -0.1) is 11.3 Å². The van der Waals surface area contributed by atoms with E-state index in [1.54, 1.807) is 18.4 Å². The highest BCUT2D eigenvalue weighted by Crippen LogP contribution is 2.43. The summed E-state index contributed by atoms with van der Waals surface area (Å²) in [5.74, 6) is 1.51. The highest BCUT2D eigenvalue weighted by atomic mass is 32.1. The minimum Gasteiger partial charge on any atom is -0.496 e. The monoisotopic (exact) mass is 328 g/mol. The molecule has 2 aromatic rings. The van der Waals surface area contributed by atoms with Crippen LogP contribution in [0.5, 0.6) is 5.75 Å². The van der Waals surface area contributed by atoms with Crippen LogP contribution in [0.2, 0.25) is 0 Å². The van der Waals surface area contributed by atoms with Crippen molar-refractivity contribution in [1.82, 2.24) is 5.32 Å². The molecule has 1 aromatic carbocycles. The fraction of sp³-hybridized carbons (Fsp3) is 0.389. The molecule has 0 bridgehead atoms. The van der Waals surface area contributed by atoms with Crippen molar-refractivity contribution in [3.63, 3.8) is 0 Å². The highest BCUT2D eigenvalue weighted by molar-refractivity contribution is 7.16. The molecule has 120 valence electrons. The largest absolute Gasteiger partial charge is 0.496 e. The van der Waals surface area contributed by atoms with Crippen LogP contribution in [0.4, 0.5) is 5.00 Å². The van der Waals surface area contributed by atoms with E-state index in [1.807, 2.05) is 24.3 Å². The molecule has 4 rings (SSSR count). The van der Waals surface area contributed by atoms with Crippen molar-refractivity contribution in [3.8, 4) is 5.75 Å². The van der Waals surface area contributed by atoms with Crippen molar-refractivity contribution >= 4 is 22.2 Å². The van der Waals surface area contributed by atoms with Gasteiger partial charge in [-0.1, -0.05) is 25.1 Å². The van der Waals surface area contributed by atoms with Crippen LogP contribution >= 0.6 is 11.3 Å². The van der Waals surface area contributed by atoms with Gasteiger partial charge in [0.2, 0.25) is 0 Å². The fourth-order valence-electron chi connectivity index (χ4n) is 3.52. The fourth-order valence-corrected chi connectivity index (χ4v) is 4.96. The first-order valence-corrected chi connectivity index (χ1v) is 8.84. The van der Waals surface area contributed by atoms with Gasteiger partial charge in [0.25, 0.3) is 5.91 Å². The summed E-state index contributed by atoms with van der Waals surface area (Å²) in [5, 5.41) is 7.59. The molecule has 2 atom stereocenters. The lowest BCUT2D eigenvalue weighted by atomic mass is 9.88. The maximum Gasteiger partial charge on any atom is 0.256 e. The number of anilines is 1. The molecule has 0 saturated heterocycles. The van der Waals surface area contributed by atoms with Crippen LogP contribution in [0.25, 0.3) is 0 Å². The molecule has 0 unspecified atom stereocenters. The zero-order valence-corrected chi connectivity index (χ0v) is 14.1. The Morgan fingerprint density at radius 1 is 1.26 bits per heavy atom. The van der Waals surface area contributed by atoms with Gasteiger partial charge in [0.15, 0.2) is 0 Å². The summed E-state index contributed by atoms with van der Waals surface area (Å²) in [6, 6.07) is 7.79. The average molecular weight is 328 g/mol. The van der Waals surface area contributed by atoms with Gasteiger partial charge in [-0.25, -0.2) is 0 Å². The molecule has 23 heavy (non-hydrogen) atoms. The van der Waals surface area contributed by atoms with Gasteiger partial charge in [0.05, 0.1) is 12.7 Å². The lowest BCUT2D eigenvalue weighted by Gasteiger charge is -2.28. The number of ether oxygens (including phenoxy) is 1. The second-order valence-corrected chi connectivity index (χ2v) is 7.45. The number of thiophene rings is 1. The van der Waals surface area contributed by atoms with E-state index >= 15 is 0 Å². The first-order valence-electron chi connectivity index (χ1n) is 8.02. The predicted octanol–water partition coefficient (Wildman–Crippen LogP) is 3.74. The minimum atomic E-state index is -0.247. The normalized spacial score (nSPS) is 22.6. The smallest absolute Gasteiger partial charge is 0.256 e. The number of nitrogens with one attached hydrogen (secondary N) is 2. The quantitative estimate of drug-likeness (QED) is 0.883. The van der Waals surface area contributed by atoms with Crippen molar-refractivity contribution in [1.29, 1.82) is 0 Å². The average Bonchev–Trinajstić information content (AvgIpc) is 2.92. The second-order valence-electron chi connectivity index (χ2n) is 6.35. The van der Waals surface area contributed by atoms with Gasteiger partial charge < -0.3 is 15.4 Å². The van der Waals surface area contributed by atoms with Crippen molar-refractivity contribution in [2.75, 3.05) is 12.4 Å². The third kappa shape index (κ3) is 2.39. The molecule has 0 saturated carbocycles. The van der Waals surface area contributed by atoms with E-state index in [1.165, 1.54) is 16.9 Å². The second kappa shape index (κ2) is 5.57. The number of amides is 1. The molecule has 0 spiro atoms. The Morgan fingerprint density at radius 3 is 2.91 bits per heavy atom. The topological polar surface area (TPSA) is 50.4 Å². The Labute approximate surface area is 139 Å². The van der Waals surface area contributed by atoms with Crippen LogP contribution < -0.4 is 15.4 Å². The Morgan fingerprint density at radius 2 is 2.09 bits per heavy atom. The molecule has 4 nitrogen and oxygen atoms in total.